The molecule has 0 aliphatic carbocycles. The van der Waals surface area contributed by atoms with Crippen molar-refractivity contribution in [3.05, 3.63) is 58.9 Å². The van der Waals surface area contributed by atoms with E-state index >= 15 is 0 Å². The van der Waals surface area contributed by atoms with Crippen LogP contribution >= 0.6 is 11.5 Å². The predicted molar refractivity (Wildman–Crippen MR) is 106 cm³/mol. The van der Waals surface area contributed by atoms with E-state index in [9.17, 15) is 4.79 Å². The zero-order valence-electron chi connectivity index (χ0n) is 15.2. The lowest BCUT2D eigenvalue weighted by Crippen LogP contribution is -2.32. The molecular formula is C20H17N5O2S. The Kier molecular flexibility index (Phi) is 4.05. The first-order valence-corrected chi connectivity index (χ1v) is 9.80. The first-order chi connectivity index (χ1) is 13.7. The second-order valence-electron chi connectivity index (χ2n) is 6.74. The first-order valence-electron chi connectivity index (χ1n) is 8.96. The minimum absolute atomic E-state index is 0.120. The molecule has 1 N–H and O–H groups in total. The smallest absolute Gasteiger partial charge is 0.275 e. The number of amides is 1. The van der Waals surface area contributed by atoms with Crippen LogP contribution in [0.5, 0.6) is 5.75 Å². The molecule has 140 valence electrons. The van der Waals surface area contributed by atoms with Crippen molar-refractivity contribution in [1.29, 1.82) is 0 Å². The second-order valence-corrected chi connectivity index (χ2v) is 7.35. The Morgan fingerprint density at radius 2 is 2.07 bits per heavy atom. The summed E-state index contributed by atoms with van der Waals surface area (Å²) in [4.78, 5) is 22.2. The van der Waals surface area contributed by atoms with E-state index < -0.39 is 0 Å². The minimum atomic E-state index is -0.120. The third kappa shape index (κ3) is 3.01. The van der Waals surface area contributed by atoms with Gasteiger partial charge in [0, 0.05) is 17.5 Å². The van der Waals surface area contributed by atoms with Gasteiger partial charge in [-0.05, 0) is 53.8 Å². The highest BCUT2D eigenvalue weighted by Crippen LogP contribution is 2.31. The summed E-state index contributed by atoms with van der Waals surface area (Å²) in [7, 11) is 0. The number of fused-ring (bicyclic) bond motifs is 2. The van der Waals surface area contributed by atoms with Crippen LogP contribution in [0, 0.1) is 6.92 Å². The van der Waals surface area contributed by atoms with Crippen LogP contribution in [0.3, 0.4) is 0 Å². The van der Waals surface area contributed by atoms with Crippen molar-refractivity contribution in [2.45, 2.75) is 13.5 Å². The van der Waals surface area contributed by atoms with Gasteiger partial charge < -0.3 is 14.6 Å². The van der Waals surface area contributed by atoms with Crippen LogP contribution < -0.4 is 4.74 Å². The van der Waals surface area contributed by atoms with E-state index in [-0.39, 0.29) is 5.91 Å². The van der Waals surface area contributed by atoms with Gasteiger partial charge in [0.15, 0.2) is 5.69 Å². The third-order valence-electron chi connectivity index (χ3n) is 4.84. The molecule has 1 aliphatic rings. The number of carbonyl (C=O) groups excluding carboxylic acids is 1. The molecule has 0 atom stereocenters. The van der Waals surface area contributed by atoms with Gasteiger partial charge in [-0.15, -0.1) is 5.10 Å². The summed E-state index contributed by atoms with van der Waals surface area (Å²) >= 11 is 1.18. The number of aryl methyl sites for hydroxylation is 1. The number of carbonyl (C=O) groups is 1. The summed E-state index contributed by atoms with van der Waals surface area (Å²) in [6.45, 7) is 3.39. The van der Waals surface area contributed by atoms with Crippen LogP contribution in [0.2, 0.25) is 0 Å². The van der Waals surface area contributed by atoms with Crippen LogP contribution in [-0.2, 0) is 6.54 Å². The summed E-state index contributed by atoms with van der Waals surface area (Å²) in [5.74, 6) is 1.59. The summed E-state index contributed by atoms with van der Waals surface area (Å²) in [6, 6.07) is 12.3. The average Bonchev–Trinajstić information content (AvgIpc) is 3.30. The van der Waals surface area contributed by atoms with Gasteiger partial charge in [0.2, 0.25) is 0 Å². The van der Waals surface area contributed by atoms with Crippen LogP contribution in [-0.4, -0.2) is 43.5 Å². The van der Waals surface area contributed by atoms with Crippen molar-refractivity contribution >= 4 is 28.5 Å². The van der Waals surface area contributed by atoms with Crippen LogP contribution in [0.1, 0.15) is 21.9 Å². The molecular weight excluding hydrogens is 374 g/mol. The number of benzene rings is 2. The van der Waals surface area contributed by atoms with E-state index in [2.05, 4.69) is 37.8 Å². The van der Waals surface area contributed by atoms with E-state index in [0.717, 1.165) is 39.3 Å². The van der Waals surface area contributed by atoms with Gasteiger partial charge in [0.25, 0.3) is 5.91 Å². The topological polar surface area (TPSA) is 84.0 Å². The van der Waals surface area contributed by atoms with Gasteiger partial charge in [-0.1, -0.05) is 16.6 Å². The molecule has 28 heavy (non-hydrogen) atoms. The average molecular weight is 391 g/mol. The van der Waals surface area contributed by atoms with Crippen molar-refractivity contribution in [2.75, 3.05) is 13.2 Å². The number of H-pyrrole nitrogens is 1. The van der Waals surface area contributed by atoms with Gasteiger partial charge in [-0.2, -0.15) is 0 Å². The predicted octanol–water partition coefficient (Wildman–Crippen LogP) is 3.42. The lowest BCUT2D eigenvalue weighted by atomic mass is 10.0. The summed E-state index contributed by atoms with van der Waals surface area (Å²) in [6.07, 6.45) is 0. The number of hydrogen-bond donors (Lipinski definition) is 1. The summed E-state index contributed by atoms with van der Waals surface area (Å²) < 4.78 is 9.66. The van der Waals surface area contributed by atoms with Gasteiger partial charge >= 0.3 is 0 Å². The second kappa shape index (κ2) is 6.72. The number of aromatic nitrogens is 4. The molecule has 1 amide bonds. The molecule has 0 radical (unpaired) electrons. The molecule has 0 unspecified atom stereocenters. The largest absolute Gasteiger partial charge is 0.491 e. The molecule has 5 rings (SSSR count). The van der Waals surface area contributed by atoms with Crippen LogP contribution in [0.25, 0.3) is 22.2 Å². The molecule has 0 spiro atoms. The fourth-order valence-corrected chi connectivity index (χ4v) is 3.91. The van der Waals surface area contributed by atoms with Gasteiger partial charge in [-0.3, -0.25) is 4.79 Å². The Morgan fingerprint density at radius 3 is 2.93 bits per heavy atom. The van der Waals surface area contributed by atoms with Gasteiger partial charge in [0.1, 0.15) is 18.2 Å². The normalized spacial score (nSPS) is 13.8. The highest BCUT2D eigenvalue weighted by atomic mass is 32.1. The minimum Gasteiger partial charge on any atom is -0.491 e. The van der Waals surface area contributed by atoms with Crippen molar-refractivity contribution in [3.63, 3.8) is 0 Å². The molecule has 0 fully saturated rings. The lowest BCUT2D eigenvalue weighted by molar-refractivity contribution is 0.0727. The zero-order valence-corrected chi connectivity index (χ0v) is 16.0. The molecule has 2 aromatic carbocycles. The Bertz CT molecular complexity index is 1170. The van der Waals surface area contributed by atoms with E-state index in [1.54, 1.807) is 10.3 Å². The molecule has 4 aromatic rings. The molecule has 3 heterocycles. The Labute approximate surface area is 165 Å². The Balaban J connectivity index is 1.49. The van der Waals surface area contributed by atoms with E-state index in [1.807, 2.05) is 25.1 Å². The van der Waals surface area contributed by atoms with E-state index in [0.29, 0.717) is 25.4 Å². The van der Waals surface area contributed by atoms with Crippen molar-refractivity contribution in [2.24, 2.45) is 0 Å². The van der Waals surface area contributed by atoms with Crippen molar-refractivity contribution in [3.8, 4) is 16.9 Å². The molecule has 0 saturated heterocycles. The number of ether oxygens (including phenoxy) is 1. The van der Waals surface area contributed by atoms with Gasteiger partial charge in [-0.25, -0.2) is 4.98 Å². The Morgan fingerprint density at radius 1 is 1.21 bits per heavy atom. The van der Waals surface area contributed by atoms with Crippen LogP contribution in [0.4, 0.5) is 0 Å². The number of rotatable bonds is 2. The lowest BCUT2D eigenvalue weighted by Gasteiger charge is -2.18. The number of nitrogens with one attached hydrogen (secondary N) is 1. The van der Waals surface area contributed by atoms with Crippen LogP contribution in [0.15, 0.2) is 41.8 Å². The number of aromatic amines is 1. The monoisotopic (exact) mass is 391 g/mol. The Hall–Kier alpha value is -3.26. The molecule has 2 aromatic heterocycles. The third-order valence-corrected chi connectivity index (χ3v) is 5.35. The number of hydrogen-bond acceptors (Lipinski definition) is 6. The molecule has 8 heteroatoms. The number of nitrogens with zero attached hydrogens (tertiary/aromatic N) is 4. The fraction of sp³-hybridized carbons (Fsp3) is 0.200. The zero-order chi connectivity index (χ0) is 19.1. The standard InChI is InChI=1S/C20H17N5O2S/c1-12-21-16-4-2-14(9-17(16)22-12)13-3-5-19-15(8-13)10-25(6-7-27-19)20(26)18-11-28-24-23-18/h2-5,8-9,11H,6-7,10H2,1H3,(H,21,22). The highest BCUT2D eigenvalue weighted by Gasteiger charge is 2.23. The summed E-state index contributed by atoms with van der Waals surface area (Å²) in [5.41, 5.74) is 5.48. The summed E-state index contributed by atoms with van der Waals surface area (Å²) in [5, 5.41) is 5.57. The first kappa shape index (κ1) is 16.9. The molecule has 7 nitrogen and oxygen atoms in total. The molecule has 1 aliphatic heterocycles. The maximum absolute atomic E-state index is 12.7. The van der Waals surface area contributed by atoms with Crippen molar-refractivity contribution < 1.29 is 9.53 Å². The van der Waals surface area contributed by atoms with E-state index in [1.165, 1.54) is 11.5 Å². The SMILES string of the molecule is Cc1nc2ccc(-c3ccc4c(c3)CN(C(=O)c3csnn3)CCO4)cc2[nH]1. The van der Waals surface area contributed by atoms with Crippen molar-refractivity contribution in [1.82, 2.24) is 24.5 Å². The maximum Gasteiger partial charge on any atom is 0.275 e. The maximum atomic E-state index is 12.7. The highest BCUT2D eigenvalue weighted by molar-refractivity contribution is 7.03. The molecule has 0 saturated carbocycles. The van der Waals surface area contributed by atoms with Gasteiger partial charge in [0.05, 0.1) is 17.6 Å². The number of imidazole rings is 1. The van der Waals surface area contributed by atoms with E-state index in [4.69, 9.17) is 4.74 Å². The molecule has 0 bridgehead atoms. The fourth-order valence-electron chi connectivity index (χ4n) is 3.48. The quantitative estimate of drug-likeness (QED) is 0.566.